The van der Waals surface area contributed by atoms with E-state index in [1.807, 2.05) is 18.3 Å². The molecule has 0 atom stereocenters. The van der Waals surface area contributed by atoms with Crippen LogP contribution in [0.15, 0.2) is 24.9 Å². The van der Waals surface area contributed by atoms with E-state index in [1.54, 1.807) is 0 Å². The molecule has 1 heterocycles. The van der Waals surface area contributed by atoms with E-state index in [1.165, 1.54) is 0 Å². The van der Waals surface area contributed by atoms with Crippen molar-refractivity contribution >= 4 is 6.08 Å². The summed E-state index contributed by atoms with van der Waals surface area (Å²) in [5.41, 5.74) is 2.31. The molecule has 0 aromatic carbocycles. The molecule has 1 nitrogen and oxygen atoms in total. The van der Waals surface area contributed by atoms with Crippen LogP contribution >= 0.6 is 0 Å². The van der Waals surface area contributed by atoms with Gasteiger partial charge in [0.15, 0.2) is 0 Å². The first kappa shape index (κ1) is 7.99. The summed E-state index contributed by atoms with van der Waals surface area (Å²) >= 11 is 0. The fourth-order valence-corrected chi connectivity index (χ4v) is 1.02. The second-order valence-electron chi connectivity index (χ2n) is 2.53. The molecule has 0 N–H and O–H groups in total. The molecule has 0 radical (unpaired) electrons. The standard InChI is InChI=1S/C10H13N/c1-3-5-10-8-9(4-2)6-7-11-10/h4,6-8H,2-3,5H2,1H3. The van der Waals surface area contributed by atoms with Crippen LogP contribution in [0.2, 0.25) is 0 Å². The Hall–Kier alpha value is -1.11. The van der Waals surface area contributed by atoms with Crippen molar-refractivity contribution in [1.82, 2.24) is 4.98 Å². The van der Waals surface area contributed by atoms with Crippen LogP contribution in [0.5, 0.6) is 0 Å². The molecule has 0 amide bonds. The molecule has 1 aromatic rings. The third-order valence-electron chi connectivity index (χ3n) is 1.58. The topological polar surface area (TPSA) is 12.9 Å². The first-order valence-electron chi connectivity index (χ1n) is 3.94. The molecule has 11 heavy (non-hydrogen) atoms. The molecular weight excluding hydrogens is 134 g/mol. The van der Waals surface area contributed by atoms with E-state index in [4.69, 9.17) is 0 Å². The quantitative estimate of drug-likeness (QED) is 0.640. The molecule has 1 rings (SSSR count). The lowest BCUT2D eigenvalue weighted by Gasteiger charge is -1.97. The smallest absolute Gasteiger partial charge is 0.0409 e. The highest BCUT2D eigenvalue weighted by molar-refractivity contribution is 5.46. The van der Waals surface area contributed by atoms with E-state index >= 15 is 0 Å². The minimum absolute atomic E-state index is 1.06. The van der Waals surface area contributed by atoms with Gasteiger partial charge in [0, 0.05) is 11.9 Å². The van der Waals surface area contributed by atoms with Gasteiger partial charge in [-0.15, -0.1) is 0 Å². The maximum Gasteiger partial charge on any atom is 0.0409 e. The van der Waals surface area contributed by atoms with Gasteiger partial charge < -0.3 is 0 Å². The van der Waals surface area contributed by atoms with Gasteiger partial charge in [0.2, 0.25) is 0 Å². The van der Waals surface area contributed by atoms with Crippen LogP contribution in [-0.4, -0.2) is 4.98 Å². The van der Waals surface area contributed by atoms with E-state index in [0.717, 1.165) is 24.1 Å². The largest absolute Gasteiger partial charge is 0.261 e. The number of aromatic nitrogens is 1. The Kier molecular flexibility index (Phi) is 2.84. The second kappa shape index (κ2) is 3.91. The Labute approximate surface area is 67.8 Å². The van der Waals surface area contributed by atoms with Crippen molar-refractivity contribution in [2.45, 2.75) is 19.8 Å². The molecule has 1 aromatic heterocycles. The summed E-state index contributed by atoms with van der Waals surface area (Å²) in [6.07, 6.45) is 5.89. The van der Waals surface area contributed by atoms with Gasteiger partial charge in [0.1, 0.15) is 0 Å². The molecule has 0 saturated heterocycles. The maximum atomic E-state index is 4.23. The third kappa shape index (κ3) is 2.19. The van der Waals surface area contributed by atoms with E-state index < -0.39 is 0 Å². The molecule has 1 heteroatoms. The van der Waals surface area contributed by atoms with Gasteiger partial charge in [-0.1, -0.05) is 26.0 Å². The van der Waals surface area contributed by atoms with Crippen molar-refractivity contribution < 1.29 is 0 Å². The average Bonchev–Trinajstić information content (AvgIpc) is 2.06. The Morgan fingerprint density at radius 3 is 3.09 bits per heavy atom. The molecule has 0 aliphatic heterocycles. The summed E-state index contributed by atoms with van der Waals surface area (Å²) in [4.78, 5) is 4.23. The van der Waals surface area contributed by atoms with E-state index in [2.05, 4.69) is 24.6 Å². The SMILES string of the molecule is C=Cc1ccnc(CCC)c1. The number of nitrogens with zero attached hydrogens (tertiary/aromatic N) is 1. The molecule has 0 fully saturated rings. The van der Waals surface area contributed by atoms with Crippen molar-refractivity contribution in [1.29, 1.82) is 0 Å². The van der Waals surface area contributed by atoms with Crippen molar-refractivity contribution in [2.75, 3.05) is 0 Å². The summed E-state index contributed by atoms with van der Waals surface area (Å²) in [5, 5.41) is 0. The van der Waals surface area contributed by atoms with Crippen LogP contribution in [0.3, 0.4) is 0 Å². The zero-order chi connectivity index (χ0) is 8.10. The Morgan fingerprint density at radius 2 is 2.45 bits per heavy atom. The van der Waals surface area contributed by atoms with Gasteiger partial charge in [-0.2, -0.15) is 0 Å². The lowest BCUT2D eigenvalue weighted by Crippen LogP contribution is -1.88. The zero-order valence-electron chi connectivity index (χ0n) is 6.88. The fourth-order valence-electron chi connectivity index (χ4n) is 1.02. The van der Waals surface area contributed by atoms with E-state index in [-0.39, 0.29) is 0 Å². The van der Waals surface area contributed by atoms with Crippen LogP contribution < -0.4 is 0 Å². The Balaban J connectivity index is 2.82. The highest BCUT2D eigenvalue weighted by Crippen LogP contribution is 2.04. The molecule has 0 aliphatic carbocycles. The van der Waals surface area contributed by atoms with Gasteiger partial charge in [0.25, 0.3) is 0 Å². The van der Waals surface area contributed by atoms with E-state index in [9.17, 15) is 0 Å². The number of rotatable bonds is 3. The summed E-state index contributed by atoms with van der Waals surface area (Å²) in [6.45, 7) is 5.86. The van der Waals surface area contributed by atoms with Crippen LogP contribution in [0.25, 0.3) is 6.08 Å². The molecule has 0 saturated carbocycles. The van der Waals surface area contributed by atoms with Crippen molar-refractivity contribution in [3.63, 3.8) is 0 Å². The minimum Gasteiger partial charge on any atom is -0.261 e. The molecular formula is C10H13N. The Morgan fingerprint density at radius 1 is 1.64 bits per heavy atom. The number of hydrogen-bond acceptors (Lipinski definition) is 1. The predicted octanol–water partition coefficient (Wildman–Crippen LogP) is 2.68. The summed E-state index contributed by atoms with van der Waals surface area (Å²) in [5.74, 6) is 0. The van der Waals surface area contributed by atoms with E-state index in [0.29, 0.717) is 0 Å². The van der Waals surface area contributed by atoms with Gasteiger partial charge in [0.05, 0.1) is 0 Å². The monoisotopic (exact) mass is 147 g/mol. The van der Waals surface area contributed by atoms with Crippen LogP contribution in [-0.2, 0) is 6.42 Å². The highest BCUT2D eigenvalue weighted by Gasteiger charge is 1.91. The first-order valence-corrected chi connectivity index (χ1v) is 3.94. The third-order valence-corrected chi connectivity index (χ3v) is 1.58. The molecule has 58 valence electrons. The summed E-state index contributed by atoms with van der Waals surface area (Å²) in [7, 11) is 0. The first-order chi connectivity index (χ1) is 5.36. The second-order valence-corrected chi connectivity index (χ2v) is 2.53. The highest BCUT2D eigenvalue weighted by atomic mass is 14.7. The maximum absolute atomic E-state index is 4.23. The molecule has 0 spiro atoms. The summed E-state index contributed by atoms with van der Waals surface area (Å²) in [6, 6.07) is 4.04. The number of pyridine rings is 1. The van der Waals surface area contributed by atoms with Crippen molar-refractivity contribution in [2.24, 2.45) is 0 Å². The predicted molar refractivity (Wildman–Crippen MR) is 48.3 cm³/mol. The van der Waals surface area contributed by atoms with Crippen molar-refractivity contribution in [3.05, 3.63) is 36.2 Å². The average molecular weight is 147 g/mol. The molecule has 0 bridgehead atoms. The van der Waals surface area contributed by atoms with Gasteiger partial charge in [-0.3, -0.25) is 4.98 Å². The number of hydrogen-bond donors (Lipinski definition) is 0. The zero-order valence-corrected chi connectivity index (χ0v) is 6.88. The van der Waals surface area contributed by atoms with Crippen LogP contribution in [0, 0.1) is 0 Å². The molecule has 0 unspecified atom stereocenters. The van der Waals surface area contributed by atoms with Gasteiger partial charge in [-0.05, 0) is 24.1 Å². The minimum atomic E-state index is 1.06. The normalized spacial score (nSPS) is 9.55. The van der Waals surface area contributed by atoms with Crippen LogP contribution in [0.4, 0.5) is 0 Å². The van der Waals surface area contributed by atoms with Gasteiger partial charge >= 0.3 is 0 Å². The van der Waals surface area contributed by atoms with Gasteiger partial charge in [-0.25, -0.2) is 0 Å². The van der Waals surface area contributed by atoms with Crippen LogP contribution in [0.1, 0.15) is 24.6 Å². The fraction of sp³-hybridized carbons (Fsp3) is 0.300. The lowest BCUT2D eigenvalue weighted by atomic mass is 10.2. The summed E-state index contributed by atoms with van der Waals surface area (Å²) < 4.78 is 0. The van der Waals surface area contributed by atoms with Crippen molar-refractivity contribution in [3.8, 4) is 0 Å². The number of aryl methyl sites for hydroxylation is 1. The Bertz CT molecular complexity index is 240. The lowest BCUT2D eigenvalue weighted by molar-refractivity contribution is 0.882. The molecule has 0 aliphatic rings.